The summed E-state index contributed by atoms with van der Waals surface area (Å²) in [5.74, 6) is -0.0234. The lowest BCUT2D eigenvalue weighted by Crippen LogP contribution is -2.25. The van der Waals surface area contributed by atoms with Gasteiger partial charge in [-0.3, -0.25) is 0 Å². The molecule has 1 atom stereocenters. The Hall–Kier alpha value is -0.910. The minimum atomic E-state index is -3.14. The Morgan fingerprint density at radius 3 is 2.50 bits per heavy atom. The van der Waals surface area contributed by atoms with E-state index in [0.29, 0.717) is 0 Å². The third-order valence-electron chi connectivity index (χ3n) is 2.26. The van der Waals surface area contributed by atoms with E-state index in [0.717, 1.165) is 5.56 Å². The number of benzene rings is 1. The molecular weight excluding hydrogens is 226 g/mol. The SMILES string of the molecule is COCCS(=O)(=O)CC(N)c1ccccc1. The molecule has 0 heterocycles. The van der Waals surface area contributed by atoms with Crippen molar-refractivity contribution in [3.05, 3.63) is 35.9 Å². The molecule has 0 aliphatic heterocycles. The molecule has 0 bridgehead atoms. The molecule has 4 nitrogen and oxygen atoms in total. The van der Waals surface area contributed by atoms with Crippen LogP contribution >= 0.6 is 0 Å². The fourth-order valence-corrected chi connectivity index (χ4v) is 2.69. The van der Waals surface area contributed by atoms with Gasteiger partial charge in [0.15, 0.2) is 9.84 Å². The fourth-order valence-electron chi connectivity index (χ4n) is 1.36. The topological polar surface area (TPSA) is 69.4 Å². The predicted molar refractivity (Wildman–Crippen MR) is 63.9 cm³/mol. The second-order valence-corrected chi connectivity index (χ2v) is 5.85. The lowest BCUT2D eigenvalue weighted by atomic mass is 10.1. The summed E-state index contributed by atoms with van der Waals surface area (Å²) in [5.41, 5.74) is 6.67. The summed E-state index contributed by atoms with van der Waals surface area (Å²) in [6.45, 7) is 0.212. The average Bonchev–Trinajstić information content (AvgIpc) is 2.27. The standard InChI is InChI=1S/C11H17NO3S/c1-15-7-8-16(13,14)9-11(12)10-5-3-2-4-6-10/h2-6,11H,7-9,12H2,1H3. The normalized spacial score (nSPS) is 13.6. The highest BCUT2D eigenvalue weighted by molar-refractivity contribution is 7.91. The molecule has 0 spiro atoms. The molecule has 1 aromatic rings. The summed E-state index contributed by atoms with van der Waals surface area (Å²) in [5, 5.41) is 0. The first kappa shape index (κ1) is 13.2. The summed E-state index contributed by atoms with van der Waals surface area (Å²) in [6, 6.07) is 8.75. The lowest BCUT2D eigenvalue weighted by molar-refractivity contribution is 0.217. The first-order chi connectivity index (χ1) is 7.55. The quantitative estimate of drug-likeness (QED) is 0.800. The van der Waals surface area contributed by atoms with Crippen LogP contribution in [0.15, 0.2) is 30.3 Å². The molecule has 1 unspecified atom stereocenters. The van der Waals surface area contributed by atoms with E-state index in [1.807, 2.05) is 30.3 Å². The van der Waals surface area contributed by atoms with Crippen LogP contribution in [0.4, 0.5) is 0 Å². The highest BCUT2D eigenvalue weighted by Crippen LogP contribution is 2.12. The first-order valence-corrected chi connectivity index (χ1v) is 6.87. The van der Waals surface area contributed by atoms with Crippen LogP contribution in [0.5, 0.6) is 0 Å². The van der Waals surface area contributed by atoms with Crippen LogP contribution in [0.3, 0.4) is 0 Å². The molecule has 0 aliphatic carbocycles. The average molecular weight is 243 g/mol. The third-order valence-corrected chi connectivity index (χ3v) is 3.92. The van der Waals surface area contributed by atoms with Crippen molar-refractivity contribution >= 4 is 9.84 Å². The van der Waals surface area contributed by atoms with E-state index in [-0.39, 0.29) is 18.1 Å². The van der Waals surface area contributed by atoms with Gasteiger partial charge in [0.25, 0.3) is 0 Å². The summed E-state index contributed by atoms with van der Waals surface area (Å²) >= 11 is 0. The summed E-state index contributed by atoms with van der Waals surface area (Å²) in [4.78, 5) is 0. The zero-order chi connectivity index (χ0) is 12.0. The van der Waals surface area contributed by atoms with Crippen LogP contribution in [0.25, 0.3) is 0 Å². The van der Waals surface area contributed by atoms with Crippen molar-refractivity contribution < 1.29 is 13.2 Å². The van der Waals surface area contributed by atoms with Crippen molar-refractivity contribution in [3.63, 3.8) is 0 Å². The largest absolute Gasteiger partial charge is 0.384 e. The summed E-state index contributed by atoms with van der Waals surface area (Å²) in [6.07, 6.45) is 0. The molecular formula is C11H17NO3S. The minimum absolute atomic E-state index is 0.0179. The van der Waals surface area contributed by atoms with Gasteiger partial charge in [-0.25, -0.2) is 8.42 Å². The zero-order valence-electron chi connectivity index (χ0n) is 9.30. The number of ether oxygens (including phenoxy) is 1. The third kappa shape index (κ3) is 4.30. The van der Waals surface area contributed by atoms with Crippen molar-refractivity contribution in [1.82, 2.24) is 0 Å². The molecule has 0 saturated carbocycles. The van der Waals surface area contributed by atoms with Gasteiger partial charge in [-0.1, -0.05) is 30.3 Å². The molecule has 0 aliphatic rings. The molecule has 0 aromatic heterocycles. The summed E-state index contributed by atoms with van der Waals surface area (Å²) < 4.78 is 28.0. The Balaban J connectivity index is 2.61. The van der Waals surface area contributed by atoms with Crippen LogP contribution in [-0.4, -0.2) is 33.6 Å². The van der Waals surface area contributed by atoms with Crippen molar-refractivity contribution in [2.45, 2.75) is 6.04 Å². The van der Waals surface area contributed by atoms with Crippen molar-refractivity contribution in [2.75, 3.05) is 25.2 Å². The van der Waals surface area contributed by atoms with Crippen LogP contribution in [-0.2, 0) is 14.6 Å². The monoisotopic (exact) mass is 243 g/mol. The first-order valence-electron chi connectivity index (χ1n) is 5.05. The van der Waals surface area contributed by atoms with Crippen LogP contribution in [0.1, 0.15) is 11.6 Å². The number of nitrogens with two attached hydrogens (primary N) is 1. The molecule has 2 N–H and O–H groups in total. The second-order valence-electron chi connectivity index (χ2n) is 3.62. The van der Waals surface area contributed by atoms with Gasteiger partial charge in [0.2, 0.25) is 0 Å². The highest BCUT2D eigenvalue weighted by Gasteiger charge is 2.17. The van der Waals surface area contributed by atoms with E-state index >= 15 is 0 Å². The highest BCUT2D eigenvalue weighted by atomic mass is 32.2. The van der Waals surface area contributed by atoms with Gasteiger partial charge in [0, 0.05) is 13.2 Å². The smallest absolute Gasteiger partial charge is 0.154 e. The van der Waals surface area contributed by atoms with Gasteiger partial charge >= 0.3 is 0 Å². The van der Waals surface area contributed by atoms with E-state index in [4.69, 9.17) is 10.5 Å². The van der Waals surface area contributed by atoms with E-state index in [1.165, 1.54) is 7.11 Å². The molecule has 90 valence electrons. The minimum Gasteiger partial charge on any atom is -0.384 e. The fraction of sp³-hybridized carbons (Fsp3) is 0.455. The number of rotatable bonds is 6. The maximum atomic E-state index is 11.6. The molecule has 0 radical (unpaired) electrons. The van der Waals surface area contributed by atoms with Gasteiger partial charge in [-0.05, 0) is 5.56 Å². The molecule has 0 amide bonds. The Morgan fingerprint density at radius 1 is 1.31 bits per heavy atom. The van der Waals surface area contributed by atoms with Crippen LogP contribution in [0, 0.1) is 0 Å². The van der Waals surface area contributed by atoms with E-state index < -0.39 is 15.9 Å². The van der Waals surface area contributed by atoms with E-state index in [9.17, 15) is 8.42 Å². The van der Waals surface area contributed by atoms with Crippen LogP contribution in [0.2, 0.25) is 0 Å². The Bertz CT molecular complexity index is 402. The van der Waals surface area contributed by atoms with Gasteiger partial charge in [0.1, 0.15) is 0 Å². The molecule has 16 heavy (non-hydrogen) atoms. The number of sulfone groups is 1. The number of methoxy groups -OCH3 is 1. The molecule has 5 heteroatoms. The maximum Gasteiger partial charge on any atom is 0.154 e. The molecule has 0 fully saturated rings. The number of hydrogen-bond donors (Lipinski definition) is 1. The van der Waals surface area contributed by atoms with Gasteiger partial charge in [-0.2, -0.15) is 0 Å². The van der Waals surface area contributed by atoms with Gasteiger partial charge in [0.05, 0.1) is 18.1 Å². The molecule has 0 saturated heterocycles. The van der Waals surface area contributed by atoms with E-state index in [1.54, 1.807) is 0 Å². The number of hydrogen-bond acceptors (Lipinski definition) is 4. The molecule has 1 aromatic carbocycles. The van der Waals surface area contributed by atoms with Gasteiger partial charge < -0.3 is 10.5 Å². The second kappa shape index (κ2) is 5.98. The van der Waals surface area contributed by atoms with Crippen LogP contribution < -0.4 is 5.73 Å². The lowest BCUT2D eigenvalue weighted by Gasteiger charge is -2.12. The van der Waals surface area contributed by atoms with Crippen molar-refractivity contribution in [3.8, 4) is 0 Å². The predicted octanol–water partition coefficient (Wildman–Crippen LogP) is 0.748. The maximum absolute atomic E-state index is 11.6. The van der Waals surface area contributed by atoms with Gasteiger partial charge in [-0.15, -0.1) is 0 Å². The molecule has 1 rings (SSSR count). The van der Waals surface area contributed by atoms with E-state index in [2.05, 4.69) is 0 Å². The zero-order valence-corrected chi connectivity index (χ0v) is 10.1. The Morgan fingerprint density at radius 2 is 1.94 bits per heavy atom. The summed E-state index contributed by atoms with van der Waals surface area (Å²) in [7, 11) is -1.66. The Kier molecular flexibility index (Phi) is 4.92. The van der Waals surface area contributed by atoms with Crippen molar-refractivity contribution in [1.29, 1.82) is 0 Å². The Labute approximate surface area is 96.3 Å². The van der Waals surface area contributed by atoms with Crippen molar-refractivity contribution in [2.24, 2.45) is 5.73 Å².